The van der Waals surface area contributed by atoms with Gasteiger partial charge in [0.15, 0.2) is 0 Å². The second-order valence-corrected chi connectivity index (χ2v) is 5.61. The Morgan fingerprint density at radius 3 is 2.19 bits per heavy atom. The van der Waals surface area contributed by atoms with E-state index in [-0.39, 0.29) is 5.82 Å². The fraction of sp³-hybridized carbons (Fsp3) is 0.571. The van der Waals surface area contributed by atoms with Gasteiger partial charge >= 0.3 is 0 Å². The van der Waals surface area contributed by atoms with Crippen LogP contribution in [-0.2, 0) is 0 Å². The number of hydrogen-bond acceptors (Lipinski definition) is 0. The van der Waals surface area contributed by atoms with Crippen LogP contribution in [0.3, 0.4) is 0 Å². The molecule has 0 aliphatic carbocycles. The van der Waals surface area contributed by atoms with Crippen LogP contribution in [0.2, 0.25) is 0 Å². The quantitative estimate of drug-likeness (QED) is 0.658. The van der Waals surface area contributed by atoms with E-state index in [4.69, 9.17) is 0 Å². The van der Waals surface area contributed by atoms with E-state index < -0.39 is 0 Å². The molecule has 2 atom stereocenters. The molecular weight excluding hydrogens is 267 g/mol. The van der Waals surface area contributed by atoms with Crippen molar-refractivity contribution in [1.29, 1.82) is 0 Å². The standard InChI is InChI=1S/C14H20BrF/c1-5-6-9(2)14(15)13-10(3)7-12(16)8-11(13)4/h7-9,14H,5-6H2,1-4H3. The Bertz CT molecular complexity index is 337. The lowest BCUT2D eigenvalue weighted by Gasteiger charge is -2.22. The molecule has 1 aromatic carbocycles. The smallest absolute Gasteiger partial charge is 0.123 e. The summed E-state index contributed by atoms with van der Waals surface area (Å²) >= 11 is 3.76. The summed E-state index contributed by atoms with van der Waals surface area (Å²) in [6.45, 7) is 8.41. The van der Waals surface area contributed by atoms with Crippen molar-refractivity contribution in [3.63, 3.8) is 0 Å². The highest BCUT2D eigenvalue weighted by Gasteiger charge is 2.19. The van der Waals surface area contributed by atoms with Crippen LogP contribution < -0.4 is 0 Å². The minimum Gasteiger partial charge on any atom is -0.207 e. The average Bonchev–Trinajstić information content (AvgIpc) is 2.16. The van der Waals surface area contributed by atoms with Crippen LogP contribution in [0.15, 0.2) is 12.1 Å². The fourth-order valence-electron chi connectivity index (χ4n) is 2.24. The van der Waals surface area contributed by atoms with Gasteiger partial charge in [-0.25, -0.2) is 4.39 Å². The number of rotatable bonds is 4. The van der Waals surface area contributed by atoms with Crippen molar-refractivity contribution in [2.75, 3.05) is 0 Å². The van der Waals surface area contributed by atoms with Crippen LogP contribution >= 0.6 is 15.9 Å². The zero-order valence-corrected chi connectivity index (χ0v) is 12.1. The summed E-state index contributed by atoms with van der Waals surface area (Å²) in [4.78, 5) is 0.327. The first kappa shape index (κ1) is 13.7. The Morgan fingerprint density at radius 2 is 1.75 bits per heavy atom. The van der Waals surface area contributed by atoms with Gasteiger partial charge < -0.3 is 0 Å². The summed E-state index contributed by atoms with van der Waals surface area (Å²) < 4.78 is 13.2. The SMILES string of the molecule is CCCC(C)C(Br)c1c(C)cc(F)cc1C. The second kappa shape index (κ2) is 5.81. The predicted molar refractivity (Wildman–Crippen MR) is 71.6 cm³/mol. The third-order valence-electron chi connectivity index (χ3n) is 3.08. The van der Waals surface area contributed by atoms with Gasteiger partial charge in [-0.3, -0.25) is 0 Å². The van der Waals surface area contributed by atoms with Gasteiger partial charge in [0, 0.05) is 4.83 Å². The summed E-state index contributed by atoms with van der Waals surface area (Å²) in [5.41, 5.74) is 3.34. The van der Waals surface area contributed by atoms with E-state index in [0.29, 0.717) is 10.7 Å². The summed E-state index contributed by atoms with van der Waals surface area (Å²) in [6, 6.07) is 3.24. The molecule has 0 amide bonds. The largest absolute Gasteiger partial charge is 0.207 e. The van der Waals surface area contributed by atoms with Crippen molar-refractivity contribution >= 4 is 15.9 Å². The van der Waals surface area contributed by atoms with Crippen molar-refractivity contribution in [1.82, 2.24) is 0 Å². The van der Waals surface area contributed by atoms with Crippen LogP contribution in [0.1, 0.15) is 48.2 Å². The van der Waals surface area contributed by atoms with E-state index in [1.54, 1.807) is 12.1 Å². The maximum Gasteiger partial charge on any atom is 0.123 e. The molecule has 2 heteroatoms. The van der Waals surface area contributed by atoms with Crippen LogP contribution in [0.25, 0.3) is 0 Å². The van der Waals surface area contributed by atoms with Crippen molar-refractivity contribution in [3.05, 3.63) is 34.6 Å². The first-order valence-electron chi connectivity index (χ1n) is 5.88. The molecule has 0 heterocycles. The normalized spacial score (nSPS) is 14.9. The summed E-state index contributed by atoms with van der Waals surface area (Å²) in [7, 11) is 0. The lowest BCUT2D eigenvalue weighted by atomic mass is 9.91. The molecule has 1 aromatic rings. The van der Waals surface area contributed by atoms with E-state index >= 15 is 0 Å². The van der Waals surface area contributed by atoms with Crippen LogP contribution in [0.5, 0.6) is 0 Å². The fourth-order valence-corrected chi connectivity index (χ4v) is 3.23. The third-order valence-corrected chi connectivity index (χ3v) is 4.44. The van der Waals surface area contributed by atoms with E-state index in [1.165, 1.54) is 18.4 Å². The summed E-state index contributed by atoms with van der Waals surface area (Å²) in [6.07, 6.45) is 2.37. The van der Waals surface area contributed by atoms with E-state index in [9.17, 15) is 4.39 Å². The van der Waals surface area contributed by atoms with Gasteiger partial charge in [-0.15, -0.1) is 0 Å². The molecule has 0 aliphatic rings. The molecule has 0 saturated carbocycles. The molecule has 16 heavy (non-hydrogen) atoms. The zero-order chi connectivity index (χ0) is 12.3. The third kappa shape index (κ3) is 3.07. The predicted octanol–water partition coefficient (Wildman–Crippen LogP) is 5.31. The van der Waals surface area contributed by atoms with E-state index in [2.05, 4.69) is 29.8 Å². The molecule has 0 bridgehead atoms. The maximum absolute atomic E-state index is 13.2. The van der Waals surface area contributed by atoms with E-state index in [1.807, 2.05) is 13.8 Å². The molecule has 90 valence electrons. The van der Waals surface area contributed by atoms with Crippen LogP contribution in [-0.4, -0.2) is 0 Å². The molecule has 2 unspecified atom stereocenters. The van der Waals surface area contributed by atoms with Crippen molar-refractivity contribution in [3.8, 4) is 0 Å². The molecule has 0 N–H and O–H groups in total. The summed E-state index contributed by atoms with van der Waals surface area (Å²) in [5, 5.41) is 0. The Balaban J connectivity index is 3.03. The first-order chi connectivity index (χ1) is 7.47. The van der Waals surface area contributed by atoms with Gasteiger partial charge in [-0.1, -0.05) is 36.2 Å². The molecule has 0 radical (unpaired) electrons. The number of aryl methyl sites for hydroxylation is 2. The number of alkyl halides is 1. The number of benzene rings is 1. The number of halogens is 2. The van der Waals surface area contributed by atoms with Gasteiger partial charge in [0.25, 0.3) is 0 Å². The maximum atomic E-state index is 13.2. The highest BCUT2D eigenvalue weighted by molar-refractivity contribution is 9.09. The Kier molecular flexibility index (Phi) is 4.97. The molecule has 0 aromatic heterocycles. The van der Waals surface area contributed by atoms with Crippen molar-refractivity contribution in [2.24, 2.45) is 5.92 Å². The molecule has 0 spiro atoms. The van der Waals surface area contributed by atoms with Gasteiger partial charge in [-0.05, 0) is 55.0 Å². The average molecular weight is 287 g/mol. The zero-order valence-electron chi connectivity index (χ0n) is 10.5. The van der Waals surface area contributed by atoms with Gasteiger partial charge in [0.2, 0.25) is 0 Å². The molecule has 0 saturated heterocycles. The van der Waals surface area contributed by atoms with Crippen LogP contribution in [0.4, 0.5) is 4.39 Å². The van der Waals surface area contributed by atoms with Gasteiger partial charge in [-0.2, -0.15) is 0 Å². The molecule has 1 rings (SSSR count). The topological polar surface area (TPSA) is 0 Å². The molecule has 0 fully saturated rings. The number of hydrogen-bond donors (Lipinski definition) is 0. The van der Waals surface area contributed by atoms with Crippen molar-refractivity contribution < 1.29 is 4.39 Å². The minimum atomic E-state index is -0.137. The highest BCUT2D eigenvalue weighted by Crippen LogP contribution is 2.37. The lowest BCUT2D eigenvalue weighted by molar-refractivity contribution is 0.515. The summed E-state index contributed by atoms with van der Waals surface area (Å²) in [5.74, 6) is 0.439. The Labute approximate surface area is 106 Å². The molecule has 0 nitrogen and oxygen atoms in total. The van der Waals surface area contributed by atoms with E-state index in [0.717, 1.165) is 11.1 Å². The highest BCUT2D eigenvalue weighted by atomic mass is 79.9. The second-order valence-electron chi connectivity index (χ2n) is 4.62. The molecular formula is C14H20BrF. The lowest BCUT2D eigenvalue weighted by Crippen LogP contribution is -2.07. The van der Waals surface area contributed by atoms with Gasteiger partial charge in [0.05, 0.1) is 0 Å². The van der Waals surface area contributed by atoms with Gasteiger partial charge in [0.1, 0.15) is 5.82 Å². The first-order valence-corrected chi connectivity index (χ1v) is 6.79. The minimum absolute atomic E-state index is 0.137. The van der Waals surface area contributed by atoms with Crippen molar-refractivity contribution in [2.45, 2.75) is 45.4 Å². The molecule has 0 aliphatic heterocycles. The van der Waals surface area contributed by atoms with Crippen LogP contribution in [0, 0.1) is 25.6 Å². The Hall–Kier alpha value is -0.370. The monoisotopic (exact) mass is 286 g/mol. The Morgan fingerprint density at radius 1 is 1.25 bits per heavy atom.